The van der Waals surface area contributed by atoms with Crippen LogP contribution in [0.5, 0.6) is 0 Å². The molecule has 6 nitrogen and oxygen atoms in total. The van der Waals surface area contributed by atoms with Gasteiger partial charge in [0.05, 0.1) is 23.7 Å². The monoisotopic (exact) mass is 505 g/mol. The molecule has 7 heteroatoms. The van der Waals surface area contributed by atoms with Gasteiger partial charge in [-0.25, -0.2) is 4.68 Å². The van der Waals surface area contributed by atoms with Crippen molar-refractivity contribution in [3.05, 3.63) is 71.9 Å². The average molecular weight is 506 g/mol. The number of thioether (sulfide) groups is 1. The number of nitrogens with zero attached hydrogens (tertiary/aromatic N) is 5. The molecule has 0 saturated carbocycles. The summed E-state index contributed by atoms with van der Waals surface area (Å²) in [6.07, 6.45) is 0.915. The Bertz CT molecular complexity index is 1110. The number of benzene rings is 2. The minimum absolute atomic E-state index is 0.151. The molecule has 1 aromatic heterocycles. The molecular formula is C29H39N5OS. The maximum atomic E-state index is 13.5. The van der Waals surface area contributed by atoms with Crippen LogP contribution in [0.15, 0.2) is 65.6 Å². The van der Waals surface area contributed by atoms with E-state index in [1.807, 2.05) is 24.3 Å². The smallest absolute Gasteiger partial charge is 0.233 e. The quantitative estimate of drug-likeness (QED) is 0.353. The van der Waals surface area contributed by atoms with Gasteiger partial charge in [-0.05, 0) is 51.1 Å². The molecule has 0 bridgehead atoms. The van der Waals surface area contributed by atoms with Crippen molar-refractivity contribution in [3.63, 3.8) is 0 Å². The summed E-state index contributed by atoms with van der Waals surface area (Å²) in [5.74, 6) is 1.74. The van der Waals surface area contributed by atoms with Gasteiger partial charge >= 0.3 is 0 Å². The van der Waals surface area contributed by atoms with Crippen molar-refractivity contribution in [1.29, 1.82) is 0 Å². The van der Waals surface area contributed by atoms with E-state index in [0.717, 1.165) is 66.8 Å². The Morgan fingerprint density at radius 3 is 2.25 bits per heavy atom. The highest BCUT2D eigenvalue weighted by atomic mass is 32.2. The first-order chi connectivity index (χ1) is 17.5. The van der Waals surface area contributed by atoms with E-state index in [-0.39, 0.29) is 11.9 Å². The molecule has 1 fully saturated rings. The number of aryl methyl sites for hydroxylation is 1. The zero-order valence-electron chi connectivity index (χ0n) is 22.1. The van der Waals surface area contributed by atoms with E-state index in [1.54, 1.807) is 11.8 Å². The van der Waals surface area contributed by atoms with Crippen LogP contribution in [0.25, 0.3) is 5.69 Å². The predicted octanol–water partition coefficient (Wildman–Crippen LogP) is 5.24. The normalized spacial score (nSPS) is 15.2. The molecule has 1 amide bonds. The second-order valence-electron chi connectivity index (χ2n) is 9.44. The lowest BCUT2D eigenvalue weighted by atomic mass is 10.1. The minimum Gasteiger partial charge on any atom is -0.354 e. The summed E-state index contributed by atoms with van der Waals surface area (Å²) in [5, 5.41) is 5.00. The predicted molar refractivity (Wildman–Crippen MR) is 150 cm³/mol. The van der Waals surface area contributed by atoms with Gasteiger partial charge in [-0.1, -0.05) is 50.2 Å². The molecule has 0 radical (unpaired) electrons. The highest BCUT2D eigenvalue weighted by Crippen LogP contribution is 2.31. The topological polar surface area (TPSA) is 44.6 Å². The van der Waals surface area contributed by atoms with E-state index >= 15 is 0 Å². The van der Waals surface area contributed by atoms with Gasteiger partial charge < -0.3 is 14.7 Å². The zero-order chi connectivity index (χ0) is 25.5. The molecule has 3 aromatic rings. The first-order valence-corrected chi connectivity index (χ1v) is 14.1. The van der Waals surface area contributed by atoms with Crippen LogP contribution >= 0.6 is 11.8 Å². The summed E-state index contributed by atoms with van der Waals surface area (Å²) < 4.78 is 2.09. The Labute approximate surface area is 220 Å². The summed E-state index contributed by atoms with van der Waals surface area (Å²) in [4.78, 5) is 21.7. The number of aromatic nitrogens is 2. The van der Waals surface area contributed by atoms with Crippen LogP contribution in [0.3, 0.4) is 0 Å². The summed E-state index contributed by atoms with van der Waals surface area (Å²) in [6, 6.07) is 20.7. The fourth-order valence-corrected chi connectivity index (χ4v) is 5.51. The molecule has 0 spiro atoms. The molecule has 4 rings (SSSR count). The van der Waals surface area contributed by atoms with Crippen molar-refractivity contribution >= 4 is 23.5 Å². The number of piperazine rings is 1. The fourth-order valence-electron chi connectivity index (χ4n) is 4.71. The molecular weight excluding hydrogens is 466 g/mol. The van der Waals surface area contributed by atoms with Crippen LogP contribution in [0.1, 0.15) is 38.4 Å². The van der Waals surface area contributed by atoms with Crippen LogP contribution in [0.4, 0.5) is 5.82 Å². The molecule has 0 N–H and O–H groups in total. The maximum absolute atomic E-state index is 13.5. The lowest BCUT2D eigenvalue weighted by molar-refractivity contribution is -0.131. The van der Waals surface area contributed by atoms with E-state index in [9.17, 15) is 4.79 Å². The third-order valence-electron chi connectivity index (χ3n) is 7.15. The van der Waals surface area contributed by atoms with Gasteiger partial charge in [0, 0.05) is 42.7 Å². The number of amides is 1. The van der Waals surface area contributed by atoms with Gasteiger partial charge in [-0.15, -0.1) is 11.8 Å². The number of carbonyl (C=O) groups excluding carboxylic acids is 1. The van der Waals surface area contributed by atoms with Crippen LogP contribution < -0.4 is 4.90 Å². The Morgan fingerprint density at radius 1 is 1.00 bits per heavy atom. The molecule has 1 atom stereocenters. The first-order valence-electron chi connectivity index (χ1n) is 13.1. The summed E-state index contributed by atoms with van der Waals surface area (Å²) >= 11 is 1.61. The molecule has 2 heterocycles. The van der Waals surface area contributed by atoms with Crippen molar-refractivity contribution < 1.29 is 4.79 Å². The molecule has 192 valence electrons. The van der Waals surface area contributed by atoms with Crippen LogP contribution in [0.2, 0.25) is 0 Å². The summed E-state index contributed by atoms with van der Waals surface area (Å²) in [7, 11) is 0. The zero-order valence-corrected chi connectivity index (χ0v) is 22.9. The summed E-state index contributed by atoms with van der Waals surface area (Å²) in [5.41, 5.74) is 3.20. The van der Waals surface area contributed by atoms with Crippen LogP contribution in [-0.2, 0) is 11.3 Å². The van der Waals surface area contributed by atoms with Crippen LogP contribution in [-0.4, -0.2) is 70.0 Å². The Kier molecular flexibility index (Phi) is 9.10. The summed E-state index contributed by atoms with van der Waals surface area (Å²) in [6.45, 7) is 14.3. The van der Waals surface area contributed by atoms with Gasteiger partial charge in [0.2, 0.25) is 5.91 Å². The molecule has 36 heavy (non-hydrogen) atoms. The number of hydrogen-bond donors (Lipinski definition) is 0. The van der Waals surface area contributed by atoms with Gasteiger partial charge in [0.15, 0.2) is 0 Å². The SMILES string of the molecule is CCC(C)N(Cc1c(C)nn(-c2ccccc2)c1N1CCN(CC)CC1)C(=O)CSc1ccccc1. The van der Waals surface area contributed by atoms with Crippen molar-refractivity contribution in [2.24, 2.45) is 0 Å². The Morgan fingerprint density at radius 2 is 1.64 bits per heavy atom. The average Bonchev–Trinajstić information content (AvgIpc) is 3.26. The van der Waals surface area contributed by atoms with Crippen molar-refractivity contribution in [2.75, 3.05) is 43.4 Å². The van der Waals surface area contributed by atoms with Gasteiger partial charge in [-0.2, -0.15) is 5.10 Å². The minimum atomic E-state index is 0.151. The highest BCUT2D eigenvalue weighted by molar-refractivity contribution is 8.00. The van der Waals surface area contributed by atoms with Gasteiger partial charge in [0.25, 0.3) is 0 Å². The number of carbonyl (C=O) groups is 1. The molecule has 1 saturated heterocycles. The molecule has 1 aliphatic rings. The van der Waals surface area contributed by atoms with Gasteiger partial charge in [0.1, 0.15) is 5.82 Å². The Hall–Kier alpha value is -2.77. The molecule has 0 aliphatic carbocycles. The Balaban J connectivity index is 1.65. The second kappa shape index (κ2) is 12.5. The standard InChI is InChI=1S/C29H39N5OS/c1-5-23(3)33(28(35)22-36-26-15-11-8-12-16-26)21-27-24(4)30-34(25-13-9-7-10-14-25)29(27)32-19-17-31(6-2)18-20-32/h7-16,23H,5-6,17-22H2,1-4H3. The number of rotatable bonds is 10. The van der Waals surface area contributed by atoms with E-state index in [2.05, 4.69) is 83.5 Å². The lowest BCUT2D eigenvalue weighted by Gasteiger charge is -2.37. The fraction of sp³-hybridized carbons (Fsp3) is 0.448. The van der Waals surface area contributed by atoms with Gasteiger partial charge in [-0.3, -0.25) is 4.79 Å². The largest absolute Gasteiger partial charge is 0.354 e. The number of hydrogen-bond acceptors (Lipinski definition) is 5. The van der Waals surface area contributed by atoms with Crippen molar-refractivity contribution in [2.45, 2.75) is 51.6 Å². The third-order valence-corrected chi connectivity index (χ3v) is 8.15. The van der Waals surface area contributed by atoms with E-state index in [1.165, 1.54) is 0 Å². The molecule has 2 aromatic carbocycles. The van der Waals surface area contributed by atoms with Crippen molar-refractivity contribution in [1.82, 2.24) is 19.6 Å². The first kappa shape index (κ1) is 26.3. The maximum Gasteiger partial charge on any atom is 0.233 e. The van der Waals surface area contributed by atoms with E-state index in [0.29, 0.717) is 12.3 Å². The van der Waals surface area contributed by atoms with E-state index in [4.69, 9.17) is 5.10 Å². The number of anilines is 1. The lowest BCUT2D eigenvalue weighted by Crippen LogP contribution is -2.47. The number of likely N-dealkylation sites (N-methyl/N-ethyl adjacent to an activating group) is 1. The molecule has 1 unspecified atom stereocenters. The van der Waals surface area contributed by atoms with Crippen molar-refractivity contribution in [3.8, 4) is 5.69 Å². The number of para-hydroxylation sites is 1. The molecule has 1 aliphatic heterocycles. The van der Waals surface area contributed by atoms with Crippen LogP contribution in [0, 0.1) is 6.92 Å². The second-order valence-corrected chi connectivity index (χ2v) is 10.5. The highest BCUT2D eigenvalue weighted by Gasteiger charge is 2.28. The third kappa shape index (κ3) is 6.13. The van der Waals surface area contributed by atoms with E-state index < -0.39 is 0 Å².